The van der Waals surface area contributed by atoms with E-state index in [0.29, 0.717) is 0 Å². The molecule has 0 spiro atoms. The molecule has 1 aromatic heterocycles. The second-order valence-electron chi connectivity index (χ2n) is 5.24. The standard InChI is InChI=1S/C18H17NO2S/c1-13(22)17(15-8-3-2-4-9-15)18(20)21-19-12-11-14-7-5-6-10-16(14)19/h2-13,17,22H,1H3. The van der Waals surface area contributed by atoms with Crippen LogP contribution in [0.15, 0.2) is 66.9 Å². The van der Waals surface area contributed by atoms with Crippen LogP contribution in [0, 0.1) is 0 Å². The van der Waals surface area contributed by atoms with Crippen LogP contribution >= 0.6 is 12.6 Å². The molecule has 1 heterocycles. The smallest absolute Gasteiger partial charge is 0.336 e. The Bertz CT molecular complexity index is 780. The van der Waals surface area contributed by atoms with Crippen LogP contribution in [0.3, 0.4) is 0 Å². The van der Waals surface area contributed by atoms with Crippen LogP contribution in [0.1, 0.15) is 18.4 Å². The Morgan fingerprint density at radius 2 is 1.73 bits per heavy atom. The lowest BCUT2D eigenvalue weighted by molar-refractivity contribution is -0.145. The van der Waals surface area contributed by atoms with Crippen molar-refractivity contribution in [2.75, 3.05) is 0 Å². The lowest BCUT2D eigenvalue weighted by Crippen LogP contribution is -2.29. The third-order valence-corrected chi connectivity index (χ3v) is 3.95. The SMILES string of the molecule is CC(S)C(C(=O)On1ccc2ccccc21)c1ccccc1. The van der Waals surface area contributed by atoms with Crippen LogP contribution < -0.4 is 4.84 Å². The Hall–Kier alpha value is -2.20. The molecule has 2 aromatic carbocycles. The minimum Gasteiger partial charge on any atom is -0.336 e. The van der Waals surface area contributed by atoms with E-state index in [1.165, 1.54) is 4.73 Å². The molecule has 0 fully saturated rings. The van der Waals surface area contributed by atoms with Crippen LogP contribution in [0.4, 0.5) is 0 Å². The predicted octanol–water partition coefficient (Wildman–Crippen LogP) is 3.70. The second kappa shape index (κ2) is 6.28. The first-order valence-electron chi connectivity index (χ1n) is 7.18. The summed E-state index contributed by atoms with van der Waals surface area (Å²) in [5, 5.41) is 0.891. The quantitative estimate of drug-likeness (QED) is 0.745. The van der Waals surface area contributed by atoms with Gasteiger partial charge in [-0.2, -0.15) is 17.4 Å². The summed E-state index contributed by atoms with van der Waals surface area (Å²) in [4.78, 5) is 18.2. The Balaban J connectivity index is 1.89. The average molecular weight is 311 g/mol. The molecule has 3 rings (SSSR count). The van der Waals surface area contributed by atoms with Gasteiger partial charge < -0.3 is 4.84 Å². The van der Waals surface area contributed by atoms with E-state index in [2.05, 4.69) is 12.6 Å². The van der Waals surface area contributed by atoms with Crippen molar-refractivity contribution in [1.82, 2.24) is 4.73 Å². The van der Waals surface area contributed by atoms with Crippen LogP contribution in [0.25, 0.3) is 10.9 Å². The highest BCUT2D eigenvalue weighted by atomic mass is 32.1. The number of aromatic nitrogens is 1. The number of carbonyl (C=O) groups excluding carboxylic acids is 1. The molecule has 2 atom stereocenters. The Labute approximate surface area is 134 Å². The largest absolute Gasteiger partial charge is 0.341 e. The third-order valence-electron chi connectivity index (χ3n) is 3.65. The number of hydrogen-bond acceptors (Lipinski definition) is 3. The first-order valence-corrected chi connectivity index (χ1v) is 7.70. The highest BCUT2D eigenvalue weighted by Gasteiger charge is 2.27. The van der Waals surface area contributed by atoms with Crippen LogP contribution in [0.2, 0.25) is 0 Å². The molecule has 3 aromatic rings. The normalized spacial score (nSPS) is 13.7. The van der Waals surface area contributed by atoms with Crippen molar-refractivity contribution in [3.05, 3.63) is 72.4 Å². The average Bonchev–Trinajstić information content (AvgIpc) is 2.91. The van der Waals surface area contributed by atoms with Crippen molar-refractivity contribution in [3.8, 4) is 0 Å². The van der Waals surface area contributed by atoms with E-state index in [-0.39, 0.29) is 11.2 Å². The molecular formula is C18H17NO2S. The minimum atomic E-state index is -0.411. The fourth-order valence-electron chi connectivity index (χ4n) is 2.56. The Kier molecular flexibility index (Phi) is 4.20. The van der Waals surface area contributed by atoms with E-state index in [9.17, 15) is 4.79 Å². The lowest BCUT2D eigenvalue weighted by Gasteiger charge is -2.19. The zero-order valence-electron chi connectivity index (χ0n) is 12.2. The molecule has 0 amide bonds. The number of para-hydroxylation sites is 1. The fourth-order valence-corrected chi connectivity index (χ4v) is 2.86. The van der Waals surface area contributed by atoms with Crippen molar-refractivity contribution in [2.24, 2.45) is 0 Å². The van der Waals surface area contributed by atoms with E-state index in [1.807, 2.05) is 67.6 Å². The van der Waals surface area contributed by atoms with Gasteiger partial charge in [0.25, 0.3) is 0 Å². The van der Waals surface area contributed by atoms with Crippen molar-refractivity contribution >= 4 is 29.5 Å². The van der Waals surface area contributed by atoms with Crippen LogP contribution in [-0.2, 0) is 4.79 Å². The number of thiol groups is 1. The van der Waals surface area contributed by atoms with Gasteiger partial charge in [0.1, 0.15) is 0 Å². The molecule has 0 saturated carbocycles. The molecule has 0 radical (unpaired) electrons. The number of carbonyl (C=O) groups is 1. The lowest BCUT2D eigenvalue weighted by atomic mass is 9.96. The maximum Gasteiger partial charge on any atom is 0.341 e. The van der Waals surface area contributed by atoms with Crippen LogP contribution in [0.5, 0.6) is 0 Å². The second-order valence-corrected chi connectivity index (χ2v) is 6.05. The zero-order chi connectivity index (χ0) is 15.5. The van der Waals surface area contributed by atoms with E-state index in [0.717, 1.165) is 16.5 Å². The van der Waals surface area contributed by atoms with Gasteiger partial charge in [0.2, 0.25) is 0 Å². The molecule has 3 nitrogen and oxygen atoms in total. The van der Waals surface area contributed by atoms with E-state index in [1.54, 1.807) is 6.20 Å². The number of nitrogens with zero attached hydrogens (tertiary/aromatic N) is 1. The van der Waals surface area contributed by atoms with Gasteiger partial charge in [-0.25, -0.2) is 4.79 Å². The highest BCUT2D eigenvalue weighted by molar-refractivity contribution is 7.81. The van der Waals surface area contributed by atoms with Gasteiger partial charge in [0, 0.05) is 16.8 Å². The molecule has 0 bridgehead atoms. The summed E-state index contributed by atoms with van der Waals surface area (Å²) in [5.74, 6) is -0.722. The highest BCUT2D eigenvalue weighted by Crippen LogP contribution is 2.24. The molecule has 2 unspecified atom stereocenters. The monoisotopic (exact) mass is 311 g/mol. The van der Waals surface area contributed by atoms with Crippen molar-refractivity contribution in [3.63, 3.8) is 0 Å². The molecule has 0 aliphatic rings. The molecular weight excluding hydrogens is 294 g/mol. The summed E-state index contributed by atoms with van der Waals surface area (Å²) in [6.07, 6.45) is 1.76. The van der Waals surface area contributed by atoms with Gasteiger partial charge in [0.05, 0.1) is 11.4 Å². The summed E-state index contributed by atoms with van der Waals surface area (Å²) >= 11 is 4.46. The number of hydrogen-bond donors (Lipinski definition) is 1. The van der Waals surface area contributed by atoms with Crippen molar-refractivity contribution in [2.45, 2.75) is 18.1 Å². The molecule has 0 aliphatic heterocycles. The van der Waals surface area contributed by atoms with E-state index >= 15 is 0 Å². The van der Waals surface area contributed by atoms with Gasteiger partial charge in [-0.15, -0.1) is 0 Å². The van der Waals surface area contributed by atoms with Gasteiger partial charge in [-0.05, 0) is 17.7 Å². The van der Waals surface area contributed by atoms with Gasteiger partial charge >= 0.3 is 5.97 Å². The maximum absolute atomic E-state index is 12.6. The summed E-state index contributed by atoms with van der Waals surface area (Å²) in [6.45, 7) is 1.90. The molecule has 0 saturated heterocycles. The van der Waals surface area contributed by atoms with E-state index in [4.69, 9.17) is 4.84 Å². The first kappa shape index (κ1) is 14.7. The van der Waals surface area contributed by atoms with E-state index < -0.39 is 5.92 Å². The molecule has 0 N–H and O–H groups in total. The topological polar surface area (TPSA) is 31.2 Å². The fraction of sp³-hybridized carbons (Fsp3) is 0.167. The Morgan fingerprint density at radius 1 is 1.05 bits per heavy atom. The molecule has 0 aliphatic carbocycles. The maximum atomic E-state index is 12.6. The van der Waals surface area contributed by atoms with Crippen molar-refractivity contribution in [1.29, 1.82) is 0 Å². The summed E-state index contributed by atoms with van der Waals surface area (Å²) < 4.78 is 1.52. The number of fused-ring (bicyclic) bond motifs is 1. The summed E-state index contributed by atoms with van der Waals surface area (Å²) in [5.41, 5.74) is 1.78. The van der Waals surface area contributed by atoms with Crippen LogP contribution in [-0.4, -0.2) is 15.9 Å². The molecule has 4 heteroatoms. The molecule has 22 heavy (non-hydrogen) atoms. The zero-order valence-corrected chi connectivity index (χ0v) is 13.1. The first-order chi connectivity index (χ1) is 10.7. The van der Waals surface area contributed by atoms with Gasteiger partial charge in [-0.3, -0.25) is 0 Å². The molecule has 112 valence electrons. The third kappa shape index (κ3) is 2.88. The number of benzene rings is 2. The summed E-state index contributed by atoms with van der Waals surface area (Å²) in [6, 6.07) is 19.3. The minimum absolute atomic E-state index is 0.142. The number of rotatable bonds is 4. The van der Waals surface area contributed by atoms with Gasteiger partial charge in [-0.1, -0.05) is 55.5 Å². The van der Waals surface area contributed by atoms with Gasteiger partial charge in [0.15, 0.2) is 0 Å². The predicted molar refractivity (Wildman–Crippen MR) is 91.2 cm³/mol. The van der Waals surface area contributed by atoms with Crippen molar-refractivity contribution < 1.29 is 9.63 Å². The Morgan fingerprint density at radius 3 is 2.45 bits per heavy atom. The summed E-state index contributed by atoms with van der Waals surface area (Å²) in [7, 11) is 0.